The van der Waals surface area contributed by atoms with Gasteiger partial charge >= 0.3 is 0 Å². The Morgan fingerprint density at radius 2 is 1.68 bits per heavy atom. The molecule has 1 unspecified atom stereocenters. The molecule has 2 aromatic carbocycles. The summed E-state index contributed by atoms with van der Waals surface area (Å²) in [6, 6.07) is 13.8. The second-order valence-electron chi connectivity index (χ2n) is 6.50. The van der Waals surface area contributed by atoms with E-state index in [1.54, 1.807) is 6.08 Å². The molecule has 25 heavy (non-hydrogen) atoms. The van der Waals surface area contributed by atoms with Gasteiger partial charge in [0.25, 0.3) is 0 Å². The maximum absolute atomic E-state index is 12.2. The second-order valence-corrected chi connectivity index (χ2v) is 6.50. The third-order valence-corrected chi connectivity index (χ3v) is 4.29. The smallest absolute Gasteiger partial charge is 0.244 e. The minimum Gasteiger partial charge on any atom is -0.454 e. The van der Waals surface area contributed by atoms with Crippen LogP contribution in [0.15, 0.2) is 48.5 Å². The molecule has 4 nitrogen and oxygen atoms in total. The molecule has 3 rings (SSSR count). The summed E-state index contributed by atoms with van der Waals surface area (Å²) in [5, 5.41) is 2.97. The number of nitrogens with one attached hydrogen (secondary N) is 1. The zero-order chi connectivity index (χ0) is 17.8. The first-order chi connectivity index (χ1) is 12.0. The fraction of sp³-hybridized carbons (Fsp3) is 0.286. The third kappa shape index (κ3) is 4.21. The van der Waals surface area contributed by atoms with E-state index in [2.05, 4.69) is 31.3 Å². The van der Waals surface area contributed by atoms with Gasteiger partial charge < -0.3 is 14.8 Å². The zero-order valence-corrected chi connectivity index (χ0v) is 14.8. The highest BCUT2D eigenvalue weighted by atomic mass is 16.7. The van der Waals surface area contributed by atoms with E-state index in [-0.39, 0.29) is 18.7 Å². The molecular weight excluding hydrogens is 314 g/mol. The Labute approximate surface area is 148 Å². The van der Waals surface area contributed by atoms with E-state index in [1.807, 2.05) is 43.3 Å². The van der Waals surface area contributed by atoms with Crippen molar-refractivity contribution in [3.63, 3.8) is 0 Å². The monoisotopic (exact) mass is 337 g/mol. The van der Waals surface area contributed by atoms with Crippen LogP contribution in [0, 0.1) is 0 Å². The first-order valence-electron chi connectivity index (χ1n) is 8.51. The molecule has 130 valence electrons. The van der Waals surface area contributed by atoms with Crippen LogP contribution in [0.1, 0.15) is 49.4 Å². The standard InChI is InChI=1S/C21H23NO3/c1-14(2)17-7-4-16(5-8-17)6-11-21(23)22-15(3)18-9-10-19-20(12-18)25-13-24-19/h4-12,14-15H,13H2,1-3H3,(H,22,23)/b11-6+. The summed E-state index contributed by atoms with van der Waals surface area (Å²) in [5.41, 5.74) is 3.28. The van der Waals surface area contributed by atoms with E-state index < -0.39 is 0 Å². The molecule has 0 spiro atoms. The first kappa shape index (κ1) is 17.1. The van der Waals surface area contributed by atoms with E-state index in [0.29, 0.717) is 5.92 Å². The van der Waals surface area contributed by atoms with E-state index >= 15 is 0 Å². The summed E-state index contributed by atoms with van der Waals surface area (Å²) in [4.78, 5) is 12.2. The Bertz CT molecular complexity index is 778. The molecule has 1 amide bonds. The zero-order valence-electron chi connectivity index (χ0n) is 14.8. The number of amides is 1. The fourth-order valence-corrected chi connectivity index (χ4v) is 2.69. The van der Waals surface area contributed by atoms with Crippen molar-refractivity contribution >= 4 is 12.0 Å². The van der Waals surface area contributed by atoms with Gasteiger partial charge in [0.15, 0.2) is 11.5 Å². The summed E-state index contributed by atoms with van der Waals surface area (Å²) < 4.78 is 10.7. The van der Waals surface area contributed by atoms with Crippen LogP contribution >= 0.6 is 0 Å². The Kier molecular flexibility index (Phi) is 5.08. The Balaban J connectivity index is 1.59. The quantitative estimate of drug-likeness (QED) is 0.821. The van der Waals surface area contributed by atoms with Crippen LogP contribution in [-0.2, 0) is 4.79 Å². The average molecular weight is 337 g/mol. The van der Waals surface area contributed by atoms with Crippen molar-refractivity contribution in [3.8, 4) is 11.5 Å². The van der Waals surface area contributed by atoms with Crippen molar-refractivity contribution < 1.29 is 14.3 Å². The van der Waals surface area contributed by atoms with Gasteiger partial charge in [-0.1, -0.05) is 44.2 Å². The number of benzene rings is 2. The molecule has 0 bridgehead atoms. The number of rotatable bonds is 5. The van der Waals surface area contributed by atoms with Crippen molar-refractivity contribution in [2.24, 2.45) is 0 Å². The van der Waals surface area contributed by atoms with Crippen molar-refractivity contribution in [2.75, 3.05) is 6.79 Å². The molecular formula is C21H23NO3. The summed E-state index contributed by atoms with van der Waals surface area (Å²) in [7, 11) is 0. The molecule has 0 aliphatic carbocycles. The first-order valence-corrected chi connectivity index (χ1v) is 8.51. The summed E-state index contributed by atoms with van der Waals surface area (Å²) in [6.45, 7) is 6.52. The van der Waals surface area contributed by atoms with Gasteiger partial charge in [0, 0.05) is 6.08 Å². The maximum Gasteiger partial charge on any atom is 0.244 e. The maximum atomic E-state index is 12.2. The lowest BCUT2D eigenvalue weighted by molar-refractivity contribution is -0.117. The van der Waals surface area contributed by atoms with Crippen LogP contribution in [0.2, 0.25) is 0 Å². The van der Waals surface area contributed by atoms with Gasteiger partial charge in [0.05, 0.1) is 6.04 Å². The van der Waals surface area contributed by atoms with Gasteiger partial charge in [0.2, 0.25) is 12.7 Å². The summed E-state index contributed by atoms with van der Waals surface area (Å²) >= 11 is 0. The van der Waals surface area contributed by atoms with Crippen LogP contribution in [0.4, 0.5) is 0 Å². The number of hydrogen-bond acceptors (Lipinski definition) is 3. The van der Waals surface area contributed by atoms with Crippen LogP contribution in [0.3, 0.4) is 0 Å². The Morgan fingerprint density at radius 1 is 1.00 bits per heavy atom. The second kappa shape index (κ2) is 7.43. The Hall–Kier alpha value is -2.75. The van der Waals surface area contributed by atoms with E-state index in [9.17, 15) is 4.79 Å². The number of ether oxygens (including phenoxy) is 2. The van der Waals surface area contributed by atoms with Gasteiger partial charge in [-0.2, -0.15) is 0 Å². The van der Waals surface area contributed by atoms with Crippen LogP contribution in [0.25, 0.3) is 6.08 Å². The summed E-state index contributed by atoms with van der Waals surface area (Å²) in [5.74, 6) is 1.84. The van der Waals surface area contributed by atoms with E-state index in [4.69, 9.17) is 9.47 Å². The molecule has 0 aromatic heterocycles. The predicted molar refractivity (Wildman–Crippen MR) is 98.7 cm³/mol. The molecule has 2 aromatic rings. The van der Waals surface area contributed by atoms with Crippen molar-refractivity contribution in [3.05, 3.63) is 65.2 Å². The molecule has 0 fully saturated rings. The Morgan fingerprint density at radius 3 is 2.40 bits per heavy atom. The molecule has 0 saturated carbocycles. The highest BCUT2D eigenvalue weighted by Crippen LogP contribution is 2.34. The normalized spacial score (nSPS) is 14.1. The number of fused-ring (bicyclic) bond motifs is 1. The number of carbonyl (C=O) groups excluding carboxylic acids is 1. The highest BCUT2D eigenvalue weighted by molar-refractivity contribution is 5.92. The molecule has 1 N–H and O–H groups in total. The topological polar surface area (TPSA) is 47.6 Å². The number of hydrogen-bond donors (Lipinski definition) is 1. The third-order valence-electron chi connectivity index (χ3n) is 4.29. The van der Waals surface area contributed by atoms with E-state index in [0.717, 1.165) is 22.6 Å². The van der Waals surface area contributed by atoms with Gasteiger partial charge in [-0.15, -0.1) is 0 Å². The molecule has 1 heterocycles. The van der Waals surface area contributed by atoms with Crippen molar-refractivity contribution in [1.29, 1.82) is 0 Å². The SMILES string of the molecule is CC(C)c1ccc(/C=C/C(=O)NC(C)c2ccc3c(c2)OCO3)cc1. The van der Waals surface area contributed by atoms with E-state index in [1.165, 1.54) is 5.56 Å². The average Bonchev–Trinajstić information content (AvgIpc) is 3.08. The molecule has 1 aliphatic rings. The molecule has 4 heteroatoms. The van der Waals surface area contributed by atoms with Gasteiger partial charge in [-0.05, 0) is 47.7 Å². The van der Waals surface area contributed by atoms with Gasteiger partial charge in [-0.3, -0.25) is 4.79 Å². The van der Waals surface area contributed by atoms with Crippen molar-refractivity contribution in [1.82, 2.24) is 5.32 Å². The number of carbonyl (C=O) groups is 1. The van der Waals surface area contributed by atoms with Crippen LogP contribution in [0.5, 0.6) is 11.5 Å². The highest BCUT2D eigenvalue weighted by Gasteiger charge is 2.16. The van der Waals surface area contributed by atoms with Gasteiger partial charge in [0.1, 0.15) is 0 Å². The minimum absolute atomic E-state index is 0.116. The largest absolute Gasteiger partial charge is 0.454 e. The lowest BCUT2D eigenvalue weighted by Gasteiger charge is -2.13. The summed E-state index contributed by atoms with van der Waals surface area (Å²) in [6.07, 6.45) is 3.39. The molecule has 0 saturated heterocycles. The fourth-order valence-electron chi connectivity index (χ4n) is 2.69. The van der Waals surface area contributed by atoms with Crippen molar-refractivity contribution in [2.45, 2.75) is 32.7 Å². The lowest BCUT2D eigenvalue weighted by Crippen LogP contribution is -2.24. The van der Waals surface area contributed by atoms with Crippen LogP contribution in [-0.4, -0.2) is 12.7 Å². The lowest BCUT2D eigenvalue weighted by atomic mass is 10.0. The minimum atomic E-state index is -0.127. The molecule has 1 atom stereocenters. The predicted octanol–water partition coefficient (Wildman–Crippen LogP) is 4.43. The van der Waals surface area contributed by atoms with Gasteiger partial charge in [-0.25, -0.2) is 0 Å². The van der Waals surface area contributed by atoms with Crippen LogP contribution < -0.4 is 14.8 Å². The molecule has 0 radical (unpaired) electrons. The molecule has 1 aliphatic heterocycles.